The van der Waals surface area contributed by atoms with Crippen LogP contribution in [0.2, 0.25) is 5.02 Å². The van der Waals surface area contributed by atoms with Crippen LogP contribution in [0.1, 0.15) is 31.7 Å². The van der Waals surface area contributed by atoms with Gasteiger partial charge in [-0.3, -0.25) is 4.79 Å². The van der Waals surface area contributed by atoms with Gasteiger partial charge in [0.1, 0.15) is 12.7 Å². The van der Waals surface area contributed by atoms with Crippen molar-refractivity contribution in [3.05, 3.63) is 52.6 Å². The highest BCUT2D eigenvalue weighted by Gasteiger charge is 2.24. The normalized spacial score (nSPS) is 20.0. The van der Waals surface area contributed by atoms with Crippen molar-refractivity contribution in [2.75, 3.05) is 5.32 Å². The first-order valence-electron chi connectivity index (χ1n) is 8.38. The molecule has 9 nitrogen and oxygen atoms in total. The molecule has 0 unspecified atom stereocenters. The Morgan fingerprint density at radius 2 is 1.88 bits per heavy atom. The second-order valence-electron chi connectivity index (χ2n) is 6.19. The number of nitrogens with zero attached hydrogens (tertiary/aromatic N) is 7. The standard InChI is InChI=1S/C16H17ClN8O/c17-11-7-19-16(20-8-11)22-12-1-3-13(4-2-12)25-15(26)6-5-14(23-25)24-10-18-9-21-24/h5-10,12-13H,1-4H2,(H,19,20,22). The Hall–Kier alpha value is -2.81. The number of rotatable bonds is 4. The van der Waals surface area contributed by atoms with E-state index in [1.54, 1.807) is 34.2 Å². The predicted octanol–water partition coefficient (Wildman–Crippen LogP) is 1.86. The second kappa shape index (κ2) is 7.20. The molecule has 4 rings (SSSR count). The highest BCUT2D eigenvalue weighted by Crippen LogP contribution is 2.28. The maximum Gasteiger partial charge on any atom is 0.267 e. The average Bonchev–Trinajstić information content (AvgIpc) is 3.20. The third-order valence-corrected chi connectivity index (χ3v) is 4.66. The van der Waals surface area contributed by atoms with Gasteiger partial charge in [0.05, 0.1) is 23.5 Å². The van der Waals surface area contributed by atoms with E-state index in [9.17, 15) is 4.79 Å². The van der Waals surface area contributed by atoms with Gasteiger partial charge in [-0.05, 0) is 31.7 Å². The molecule has 0 radical (unpaired) electrons. The van der Waals surface area contributed by atoms with Gasteiger partial charge in [-0.1, -0.05) is 11.6 Å². The van der Waals surface area contributed by atoms with Crippen molar-refractivity contribution in [1.82, 2.24) is 34.5 Å². The maximum absolute atomic E-state index is 12.3. The van der Waals surface area contributed by atoms with Crippen LogP contribution in [0, 0.1) is 0 Å². The lowest BCUT2D eigenvalue weighted by atomic mass is 9.91. The van der Waals surface area contributed by atoms with Gasteiger partial charge >= 0.3 is 0 Å². The molecule has 0 aromatic carbocycles. The molecular formula is C16H17ClN8O. The van der Waals surface area contributed by atoms with Gasteiger partial charge in [0.15, 0.2) is 5.82 Å². The molecule has 3 aromatic heterocycles. The molecule has 1 saturated carbocycles. The molecule has 3 aromatic rings. The minimum absolute atomic E-state index is 0.0650. The lowest BCUT2D eigenvalue weighted by Crippen LogP contribution is -2.33. The highest BCUT2D eigenvalue weighted by molar-refractivity contribution is 6.30. The molecular weight excluding hydrogens is 356 g/mol. The molecule has 1 fully saturated rings. The molecule has 0 bridgehead atoms. The summed E-state index contributed by atoms with van der Waals surface area (Å²) in [6.45, 7) is 0. The fraction of sp³-hybridized carbons (Fsp3) is 0.375. The summed E-state index contributed by atoms with van der Waals surface area (Å²) in [6, 6.07) is 3.51. The Kier molecular flexibility index (Phi) is 4.61. The maximum atomic E-state index is 12.3. The Balaban J connectivity index is 1.44. The zero-order valence-corrected chi connectivity index (χ0v) is 14.6. The molecule has 3 heterocycles. The molecule has 1 aliphatic carbocycles. The van der Waals surface area contributed by atoms with E-state index in [0.29, 0.717) is 16.8 Å². The number of anilines is 1. The third kappa shape index (κ3) is 3.57. The second-order valence-corrected chi connectivity index (χ2v) is 6.63. The van der Waals surface area contributed by atoms with E-state index in [-0.39, 0.29) is 17.6 Å². The van der Waals surface area contributed by atoms with E-state index >= 15 is 0 Å². The van der Waals surface area contributed by atoms with Crippen molar-refractivity contribution in [3.63, 3.8) is 0 Å². The van der Waals surface area contributed by atoms with Crippen molar-refractivity contribution < 1.29 is 0 Å². The molecule has 0 aliphatic heterocycles. The number of nitrogens with one attached hydrogen (secondary N) is 1. The Morgan fingerprint density at radius 1 is 1.12 bits per heavy atom. The van der Waals surface area contributed by atoms with E-state index < -0.39 is 0 Å². The van der Waals surface area contributed by atoms with E-state index in [0.717, 1.165) is 25.7 Å². The molecule has 0 amide bonds. The predicted molar refractivity (Wildman–Crippen MR) is 95.4 cm³/mol. The third-order valence-electron chi connectivity index (χ3n) is 4.46. The highest BCUT2D eigenvalue weighted by atomic mass is 35.5. The first kappa shape index (κ1) is 16.6. The minimum atomic E-state index is -0.105. The Bertz CT molecular complexity index is 916. The largest absolute Gasteiger partial charge is 0.351 e. The van der Waals surface area contributed by atoms with E-state index in [1.165, 1.54) is 12.4 Å². The summed E-state index contributed by atoms with van der Waals surface area (Å²) in [6.07, 6.45) is 9.63. The van der Waals surface area contributed by atoms with Crippen molar-refractivity contribution in [1.29, 1.82) is 0 Å². The molecule has 0 spiro atoms. The number of hydrogen-bond donors (Lipinski definition) is 1. The van der Waals surface area contributed by atoms with E-state index in [4.69, 9.17) is 11.6 Å². The summed E-state index contributed by atoms with van der Waals surface area (Å²) in [5.74, 6) is 1.15. The number of aromatic nitrogens is 7. The van der Waals surface area contributed by atoms with E-state index in [1.807, 2.05) is 0 Å². The fourth-order valence-electron chi connectivity index (χ4n) is 3.16. The van der Waals surface area contributed by atoms with Crippen molar-refractivity contribution in [2.24, 2.45) is 0 Å². The topological polar surface area (TPSA) is 103 Å². The zero-order valence-electron chi connectivity index (χ0n) is 13.9. The summed E-state index contributed by atoms with van der Waals surface area (Å²) in [5, 5.41) is 12.4. The number of hydrogen-bond acceptors (Lipinski definition) is 7. The van der Waals surface area contributed by atoms with Gasteiger partial charge in [0.2, 0.25) is 5.95 Å². The summed E-state index contributed by atoms with van der Waals surface area (Å²) in [5.41, 5.74) is -0.105. The van der Waals surface area contributed by atoms with Crippen LogP contribution in [0.5, 0.6) is 0 Å². The quantitative estimate of drug-likeness (QED) is 0.745. The SMILES string of the molecule is O=c1ccc(-n2cncn2)nn1C1CCC(Nc2ncc(Cl)cn2)CC1. The molecule has 0 atom stereocenters. The van der Waals surface area contributed by atoms with Crippen LogP contribution in [0.3, 0.4) is 0 Å². The molecule has 10 heteroatoms. The summed E-state index contributed by atoms with van der Waals surface area (Å²) in [4.78, 5) is 24.5. The van der Waals surface area contributed by atoms with Crippen molar-refractivity contribution in [2.45, 2.75) is 37.8 Å². The lowest BCUT2D eigenvalue weighted by Gasteiger charge is -2.29. The van der Waals surface area contributed by atoms with Gasteiger partial charge in [0, 0.05) is 12.1 Å². The van der Waals surface area contributed by atoms with Gasteiger partial charge in [-0.2, -0.15) is 5.10 Å². The number of halogens is 1. The monoisotopic (exact) mass is 372 g/mol. The van der Waals surface area contributed by atoms with Gasteiger partial charge in [-0.15, -0.1) is 5.10 Å². The van der Waals surface area contributed by atoms with Gasteiger partial charge in [-0.25, -0.2) is 24.3 Å². The summed E-state index contributed by atoms with van der Waals surface area (Å²) >= 11 is 5.80. The van der Waals surface area contributed by atoms with E-state index in [2.05, 4.69) is 30.5 Å². The molecule has 26 heavy (non-hydrogen) atoms. The van der Waals surface area contributed by atoms with Crippen LogP contribution in [-0.2, 0) is 0 Å². The van der Waals surface area contributed by atoms with Crippen LogP contribution in [0.15, 0.2) is 42.0 Å². The first-order chi connectivity index (χ1) is 12.7. The smallest absolute Gasteiger partial charge is 0.267 e. The van der Waals surface area contributed by atoms with Crippen LogP contribution in [0.25, 0.3) is 5.82 Å². The van der Waals surface area contributed by atoms with Gasteiger partial charge in [0.25, 0.3) is 5.56 Å². The fourth-order valence-corrected chi connectivity index (χ4v) is 3.26. The van der Waals surface area contributed by atoms with Crippen molar-refractivity contribution in [3.8, 4) is 5.82 Å². The lowest BCUT2D eigenvalue weighted by molar-refractivity contribution is 0.302. The molecule has 1 aliphatic rings. The Morgan fingerprint density at radius 3 is 2.58 bits per heavy atom. The molecule has 134 valence electrons. The average molecular weight is 373 g/mol. The van der Waals surface area contributed by atoms with Gasteiger partial charge < -0.3 is 5.32 Å². The zero-order chi connectivity index (χ0) is 17.9. The summed E-state index contributed by atoms with van der Waals surface area (Å²) < 4.78 is 3.10. The van der Waals surface area contributed by atoms with Crippen LogP contribution in [-0.4, -0.2) is 40.6 Å². The summed E-state index contributed by atoms with van der Waals surface area (Å²) in [7, 11) is 0. The van der Waals surface area contributed by atoms with Crippen LogP contribution in [0.4, 0.5) is 5.95 Å². The van der Waals surface area contributed by atoms with Crippen LogP contribution >= 0.6 is 11.6 Å². The molecule has 1 N–H and O–H groups in total. The Labute approximate surface area is 154 Å². The first-order valence-corrected chi connectivity index (χ1v) is 8.76. The van der Waals surface area contributed by atoms with Crippen LogP contribution < -0.4 is 10.9 Å². The minimum Gasteiger partial charge on any atom is -0.351 e. The molecule has 0 saturated heterocycles. The van der Waals surface area contributed by atoms with Crippen molar-refractivity contribution >= 4 is 17.5 Å².